The lowest BCUT2D eigenvalue weighted by molar-refractivity contribution is 0.0958. The van der Waals surface area contributed by atoms with Crippen LogP contribution >= 0.6 is 0 Å². The molecule has 1 aromatic heterocycles. The summed E-state index contributed by atoms with van der Waals surface area (Å²) in [5, 5.41) is 9.63. The van der Waals surface area contributed by atoms with Gasteiger partial charge in [0.25, 0.3) is 0 Å². The second-order valence-electron chi connectivity index (χ2n) is 6.91. The monoisotopic (exact) mass is 396 g/mol. The van der Waals surface area contributed by atoms with Crippen molar-refractivity contribution in [2.24, 2.45) is 0 Å². The van der Waals surface area contributed by atoms with Gasteiger partial charge in [-0.15, -0.1) is 0 Å². The summed E-state index contributed by atoms with van der Waals surface area (Å²) in [5.74, 6) is -1.88. The van der Waals surface area contributed by atoms with Crippen LogP contribution in [-0.4, -0.2) is 22.5 Å². The smallest absolute Gasteiger partial charge is 0.163 e. The Hall–Kier alpha value is -3.32. The molecule has 0 saturated carbocycles. The number of halogens is 2. The SMILES string of the molecule is Nc1cc2c(cn1)OCc1cc(C(=O)C[C@H](CO)c3c(F)cccc3F)ccc1-2. The summed E-state index contributed by atoms with van der Waals surface area (Å²) < 4.78 is 33.8. The number of carbonyl (C=O) groups excluding carboxylic acids is 1. The summed E-state index contributed by atoms with van der Waals surface area (Å²) in [6.07, 6.45) is 1.34. The van der Waals surface area contributed by atoms with Crippen LogP contribution in [-0.2, 0) is 6.61 Å². The molecule has 0 aliphatic carbocycles. The zero-order chi connectivity index (χ0) is 20.5. The van der Waals surface area contributed by atoms with Gasteiger partial charge in [-0.2, -0.15) is 0 Å². The maximum Gasteiger partial charge on any atom is 0.163 e. The third-order valence-electron chi connectivity index (χ3n) is 5.05. The Kier molecular flexibility index (Phi) is 4.98. The maximum absolute atomic E-state index is 14.0. The first-order chi connectivity index (χ1) is 14.0. The molecule has 7 heteroatoms. The molecular weight excluding hydrogens is 378 g/mol. The number of rotatable bonds is 5. The summed E-state index contributed by atoms with van der Waals surface area (Å²) in [6, 6.07) is 10.3. The highest BCUT2D eigenvalue weighted by molar-refractivity contribution is 5.97. The van der Waals surface area contributed by atoms with Gasteiger partial charge in [0.1, 0.15) is 29.8 Å². The van der Waals surface area contributed by atoms with Crippen molar-refractivity contribution in [2.75, 3.05) is 12.3 Å². The number of hydrogen-bond acceptors (Lipinski definition) is 5. The summed E-state index contributed by atoms with van der Waals surface area (Å²) >= 11 is 0. The van der Waals surface area contributed by atoms with Crippen molar-refractivity contribution >= 4 is 11.6 Å². The first kappa shape index (κ1) is 19.0. The van der Waals surface area contributed by atoms with Gasteiger partial charge in [0.15, 0.2) is 5.78 Å². The van der Waals surface area contributed by atoms with Gasteiger partial charge >= 0.3 is 0 Å². The second kappa shape index (κ2) is 7.60. The molecule has 3 N–H and O–H groups in total. The Morgan fingerprint density at radius 3 is 2.66 bits per heavy atom. The Balaban J connectivity index is 1.62. The molecule has 3 aromatic rings. The van der Waals surface area contributed by atoms with Crippen LogP contribution in [0.1, 0.15) is 33.8 Å². The van der Waals surface area contributed by atoms with E-state index in [1.807, 2.05) is 0 Å². The lowest BCUT2D eigenvalue weighted by Gasteiger charge is -2.21. The first-order valence-corrected chi connectivity index (χ1v) is 9.07. The number of nitrogens with two attached hydrogens (primary N) is 1. The number of nitrogen functional groups attached to an aromatic ring is 1. The molecule has 1 aliphatic heterocycles. The fraction of sp³-hybridized carbons (Fsp3) is 0.182. The molecule has 0 radical (unpaired) electrons. The van der Waals surface area contributed by atoms with E-state index in [0.29, 0.717) is 17.1 Å². The Bertz CT molecular complexity index is 1080. The van der Waals surface area contributed by atoms with Crippen molar-refractivity contribution in [1.82, 2.24) is 4.98 Å². The molecule has 4 rings (SSSR count). The molecule has 0 unspecified atom stereocenters. The van der Waals surface area contributed by atoms with Crippen LogP contribution in [0, 0.1) is 11.6 Å². The molecule has 2 aromatic carbocycles. The van der Waals surface area contributed by atoms with E-state index in [1.165, 1.54) is 6.07 Å². The van der Waals surface area contributed by atoms with E-state index < -0.39 is 24.2 Å². The molecule has 5 nitrogen and oxygen atoms in total. The molecule has 1 aliphatic rings. The number of hydrogen-bond donors (Lipinski definition) is 2. The number of ether oxygens (including phenoxy) is 1. The number of ketones is 1. The fourth-order valence-corrected chi connectivity index (χ4v) is 3.59. The molecule has 1 atom stereocenters. The van der Waals surface area contributed by atoms with E-state index in [-0.39, 0.29) is 24.4 Å². The van der Waals surface area contributed by atoms with Crippen molar-refractivity contribution in [3.8, 4) is 16.9 Å². The van der Waals surface area contributed by atoms with E-state index >= 15 is 0 Å². The van der Waals surface area contributed by atoms with Gasteiger partial charge in [0.05, 0.1) is 12.8 Å². The highest BCUT2D eigenvalue weighted by Gasteiger charge is 2.24. The average Bonchev–Trinajstić information content (AvgIpc) is 2.72. The van der Waals surface area contributed by atoms with Crippen molar-refractivity contribution in [2.45, 2.75) is 18.9 Å². The highest BCUT2D eigenvalue weighted by Crippen LogP contribution is 2.38. The maximum atomic E-state index is 14.0. The minimum atomic E-state index is -0.970. The number of fused-ring (bicyclic) bond motifs is 3. The van der Waals surface area contributed by atoms with Gasteiger partial charge < -0.3 is 15.6 Å². The summed E-state index contributed by atoms with van der Waals surface area (Å²) in [7, 11) is 0. The lowest BCUT2D eigenvalue weighted by Crippen LogP contribution is -2.15. The number of carbonyl (C=O) groups is 1. The first-order valence-electron chi connectivity index (χ1n) is 9.07. The van der Waals surface area contributed by atoms with Gasteiger partial charge in [-0.3, -0.25) is 4.79 Å². The van der Waals surface area contributed by atoms with E-state index in [4.69, 9.17) is 10.5 Å². The van der Waals surface area contributed by atoms with Crippen LogP contribution in [0.5, 0.6) is 5.75 Å². The van der Waals surface area contributed by atoms with Crippen molar-refractivity contribution in [3.63, 3.8) is 0 Å². The average molecular weight is 396 g/mol. The summed E-state index contributed by atoms with van der Waals surface area (Å²) in [5.41, 5.74) is 8.34. The molecule has 0 saturated heterocycles. The second-order valence-corrected chi connectivity index (χ2v) is 6.91. The molecular formula is C22H18F2N2O3. The van der Waals surface area contributed by atoms with Crippen molar-refractivity contribution < 1.29 is 23.4 Å². The van der Waals surface area contributed by atoms with Crippen LogP contribution in [0.25, 0.3) is 11.1 Å². The molecule has 29 heavy (non-hydrogen) atoms. The van der Waals surface area contributed by atoms with Crippen LogP contribution in [0.2, 0.25) is 0 Å². The van der Waals surface area contributed by atoms with E-state index in [9.17, 15) is 18.7 Å². The Morgan fingerprint density at radius 2 is 1.93 bits per heavy atom. The number of Topliss-reactive ketones (excluding diaryl/α,β-unsaturated/α-hetero) is 1. The molecule has 0 spiro atoms. The number of benzene rings is 2. The highest BCUT2D eigenvalue weighted by atomic mass is 19.1. The molecule has 2 heterocycles. The third-order valence-corrected chi connectivity index (χ3v) is 5.05. The van der Waals surface area contributed by atoms with Crippen LogP contribution in [0.4, 0.5) is 14.6 Å². The predicted octanol–water partition coefficient (Wildman–Crippen LogP) is 3.85. The van der Waals surface area contributed by atoms with Crippen molar-refractivity contribution in [1.29, 1.82) is 0 Å². The van der Waals surface area contributed by atoms with Crippen LogP contribution in [0.3, 0.4) is 0 Å². The predicted molar refractivity (Wildman–Crippen MR) is 104 cm³/mol. The molecule has 0 bridgehead atoms. The van der Waals surface area contributed by atoms with E-state index in [0.717, 1.165) is 28.8 Å². The summed E-state index contributed by atoms with van der Waals surface area (Å²) in [6.45, 7) is -0.280. The third kappa shape index (κ3) is 3.56. The number of pyridine rings is 1. The molecule has 0 amide bonds. The van der Waals surface area contributed by atoms with Crippen LogP contribution < -0.4 is 10.5 Å². The number of nitrogens with zero attached hydrogens (tertiary/aromatic N) is 1. The minimum Gasteiger partial charge on any atom is -0.487 e. The largest absolute Gasteiger partial charge is 0.487 e. The van der Waals surface area contributed by atoms with Gasteiger partial charge in [0.2, 0.25) is 0 Å². The van der Waals surface area contributed by atoms with Crippen LogP contribution in [0.15, 0.2) is 48.7 Å². The van der Waals surface area contributed by atoms with Gasteiger partial charge in [-0.25, -0.2) is 13.8 Å². The number of anilines is 1. The minimum absolute atomic E-state index is 0.221. The molecule has 0 fully saturated rings. The quantitative estimate of drug-likeness (QED) is 0.640. The Morgan fingerprint density at radius 1 is 1.17 bits per heavy atom. The van der Waals surface area contributed by atoms with E-state index in [2.05, 4.69) is 4.98 Å². The fourth-order valence-electron chi connectivity index (χ4n) is 3.59. The van der Waals surface area contributed by atoms with Gasteiger partial charge in [0, 0.05) is 29.0 Å². The number of aromatic nitrogens is 1. The zero-order valence-electron chi connectivity index (χ0n) is 15.4. The number of aliphatic hydroxyl groups is 1. The van der Waals surface area contributed by atoms with Gasteiger partial charge in [-0.05, 0) is 35.4 Å². The normalized spacial score (nSPS) is 13.2. The Labute approximate surface area is 165 Å². The lowest BCUT2D eigenvalue weighted by atomic mass is 9.89. The zero-order valence-corrected chi connectivity index (χ0v) is 15.4. The standard InChI is InChI=1S/C22H18F2N2O3/c23-17-2-1-3-18(24)22(17)13(10-27)7-19(28)12-4-5-15-14(6-12)11-29-20-9-26-21(25)8-16(15)20/h1-6,8-9,13,27H,7,10-11H2,(H2,25,26)/t13-/m1/s1. The van der Waals surface area contributed by atoms with Crippen molar-refractivity contribution in [3.05, 3.63) is 77.0 Å². The summed E-state index contributed by atoms with van der Waals surface area (Å²) in [4.78, 5) is 16.8. The number of aliphatic hydroxyl groups excluding tert-OH is 1. The van der Waals surface area contributed by atoms with Gasteiger partial charge in [-0.1, -0.05) is 18.2 Å². The topological polar surface area (TPSA) is 85.4 Å². The molecule has 148 valence electrons. The van der Waals surface area contributed by atoms with E-state index in [1.54, 1.807) is 30.5 Å².